The first kappa shape index (κ1) is 14.5. The zero-order valence-electron chi connectivity index (χ0n) is 12.4. The van der Waals surface area contributed by atoms with Crippen molar-refractivity contribution in [1.29, 1.82) is 0 Å². The molecule has 112 valence electrons. The summed E-state index contributed by atoms with van der Waals surface area (Å²) < 4.78 is 14.7. The van der Waals surface area contributed by atoms with Crippen LogP contribution >= 0.6 is 11.3 Å². The lowest BCUT2D eigenvalue weighted by Crippen LogP contribution is -2.34. The van der Waals surface area contributed by atoms with Crippen LogP contribution in [0, 0.1) is 5.82 Å². The maximum Gasteiger partial charge on any atom is 0.170 e. The van der Waals surface area contributed by atoms with Gasteiger partial charge in [0.25, 0.3) is 0 Å². The highest BCUT2D eigenvalue weighted by Gasteiger charge is 2.28. The summed E-state index contributed by atoms with van der Waals surface area (Å²) in [5, 5.41) is 5.29. The summed E-state index contributed by atoms with van der Waals surface area (Å²) in [7, 11) is 0. The molecule has 3 nitrogen and oxygen atoms in total. The van der Waals surface area contributed by atoms with Gasteiger partial charge in [0.05, 0.1) is 6.04 Å². The van der Waals surface area contributed by atoms with Gasteiger partial charge >= 0.3 is 0 Å². The van der Waals surface area contributed by atoms with Crippen LogP contribution in [0.2, 0.25) is 0 Å². The molecule has 3 rings (SSSR count). The lowest BCUT2D eigenvalue weighted by molar-refractivity contribution is 0.555. The van der Waals surface area contributed by atoms with Gasteiger partial charge in [0.2, 0.25) is 0 Å². The summed E-state index contributed by atoms with van der Waals surface area (Å²) in [4.78, 5) is 7.81. The van der Waals surface area contributed by atoms with Crippen LogP contribution in [0.4, 0.5) is 10.2 Å². The van der Waals surface area contributed by atoms with Gasteiger partial charge in [-0.2, -0.15) is 0 Å². The Kier molecular flexibility index (Phi) is 4.22. The lowest BCUT2D eigenvalue weighted by Gasteiger charge is -2.35. The Morgan fingerprint density at radius 1 is 1.48 bits per heavy atom. The summed E-state index contributed by atoms with van der Waals surface area (Å²) >= 11 is 1.79. The number of pyridine rings is 1. The number of aromatic nitrogens is 1. The highest BCUT2D eigenvalue weighted by molar-refractivity contribution is 7.10. The number of anilines is 1. The number of hydrogen-bond acceptors (Lipinski definition) is 4. The van der Waals surface area contributed by atoms with Gasteiger partial charge in [-0.05, 0) is 43.0 Å². The van der Waals surface area contributed by atoms with Crippen LogP contribution in [-0.4, -0.2) is 18.1 Å². The Hall–Kier alpha value is -1.46. The molecule has 0 aromatic carbocycles. The maximum atomic E-state index is 14.7. The first-order chi connectivity index (χ1) is 10.2. The zero-order valence-corrected chi connectivity index (χ0v) is 13.2. The van der Waals surface area contributed by atoms with Crippen molar-refractivity contribution in [3.8, 4) is 0 Å². The van der Waals surface area contributed by atoms with E-state index in [0.29, 0.717) is 17.9 Å². The largest absolute Gasteiger partial charge is 0.347 e. The van der Waals surface area contributed by atoms with Gasteiger partial charge in [0.15, 0.2) is 11.6 Å². The number of nitrogens with one attached hydrogen (secondary N) is 1. The summed E-state index contributed by atoms with van der Waals surface area (Å²) in [5.41, 5.74) is 2.00. The minimum atomic E-state index is -0.191. The predicted octanol–water partition coefficient (Wildman–Crippen LogP) is 3.52. The van der Waals surface area contributed by atoms with Crippen molar-refractivity contribution in [2.75, 3.05) is 18.0 Å². The molecular formula is C16H20FN3S. The number of thiophene rings is 1. The molecule has 1 aliphatic rings. The van der Waals surface area contributed by atoms with Crippen LogP contribution in [-0.2, 0) is 13.0 Å². The fourth-order valence-electron chi connectivity index (χ4n) is 2.87. The van der Waals surface area contributed by atoms with Crippen LogP contribution < -0.4 is 10.2 Å². The average molecular weight is 305 g/mol. The van der Waals surface area contributed by atoms with E-state index in [1.165, 1.54) is 10.4 Å². The predicted molar refractivity (Wildman–Crippen MR) is 85.4 cm³/mol. The van der Waals surface area contributed by atoms with Crippen molar-refractivity contribution in [1.82, 2.24) is 10.3 Å². The van der Waals surface area contributed by atoms with Crippen LogP contribution in [0.1, 0.15) is 35.9 Å². The quantitative estimate of drug-likeness (QED) is 0.937. The lowest BCUT2D eigenvalue weighted by atomic mass is 10.0. The van der Waals surface area contributed by atoms with Gasteiger partial charge in [0.1, 0.15) is 0 Å². The Labute approximate surface area is 128 Å². The van der Waals surface area contributed by atoms with Crippen molar-refractivity contribution in [3.05, 3.63) is 45.5 Å². The minimum Gasteiger partial charge on any atom is -0.347 e. The molecule has 1 unspecified atom stereocenters. The van der Waals surface area contributed by atoms with Gasteiger partial charge in [-0.25, -0.2) is 9.37 Å². The second-order valence-electron chi connectivity index (χ2n) is 5.31. The molecule has 21 heavy (non-hydrogen) atoms. The number of rotatable bonds is 4. The molecule has 1 aliphatic heterocycles. The number of nitrogens with zero attached hydrogens (tertiary/aromatic N) is 2. The summed E-state index contributed by atoms with van der Waals surface area (Å²) in [6.45, 7) is 6.34. The maximum absolute atomic E-state index is 14.7. The zero-order chi connectivity index (χ0) is 14.8. The summed E-state index contributed by atoms with van der Waals surface area (Å²) in [5.74, 6) is 0.290. The molecule has 0 bridgehead atoms. The third-order valence-electron chi connectivity index (χ3n) is 4.07. The van der Waals surface area contributed by atoms with Gasteiger partial charge in [-0.15, -0.1) is 11.3 Å². The Morgan fingerprint density at radius 3 is 3.14 bits per heavy atom. The van der Waals surface area contributed by atoms with Crippen LogP contribution in [0.5, 0.6) is 0 Å². The monoisotopic (exact) mass is 305 g/mol. The molecule has 0 aliphatic carbocycles. The van der Waals surface area contributed by atoms with Crippen LogP contribution in [0.15, 0.2) is 23.7 Å². The van der Waals surface area contributed by atoms with E-state index >= 15 is 0 Å². The van der Waals surface area contributed by atoms with Crippen LogP contribution in [0.3, 0.4) is 0 Å². The highest BCUT2D eigenvalue weighted by atomic mass is 32.1. The van der Waals surface area contributed by atoms with Crippen molar-refractivity contribution >= 4 is 17.2 Å². The molecule has 2 aromatic rings. The van der Waals surface area contributed by atoms with E-state index in [1.807, 2.05) is 6.92 Å². The Balaban J connectivity index is 1.91. The smallest absolute Gasteiger partial charge is 0.170 e. The fraction of sp³-hybridized carbons (Fsp3) is 0.438. The number of hydrogen-bond donors (Lipinski definition) is 1. The van der Waals surface area contributed by atoms with E-state index in [-0.39, 0.29) is 11.9 Å². The molecule has 0 spiro atoms. The van der Waals surface area contributed by atoms with Crippen molar-refractivity contribution < 1.29 is 4.39 Å². The van der Waals surface area contributed by atoms with Crippen molar-refractivity contribution in [3.63, 3.8) is 0 Å². The second kappa shape index (κ2) is 6.12. The first-order valence-electron chi connectivity index (χ1n) is 7.39. The van der Waals surface area contributed by atoms with E-state index in [2.05, 4.69) is 33.6 Å². The van der Waals surface area contributed by atoms with E-state index in [9.17, 15) is 4.39 Å². The Morgan fingerprint density at radius 2 is 2.33 bits per heavy atom. The molecule has 5 heteroatoms. The Bertz CT molecular complexity index is 626. The van der Waals surface area contributed by atoms with E-state index in [0.717, 1.165) is 19.5 Å². The number of fused-ring (bicyclic) bond motifs is 1. The molecule has 3 heterocycles. The topological polar surface area (TPSA) is 28.2 Å². The van der Waals surface area contributed by atoms with Gasteiger partial charge < -0.3 is 10.2 Å². The first-order valence-corrected chi connectivity index (χ1v) is 8.27. The molecule has 1 atom stereocenters. The van der Waals surface area contributed by atoms with E-state index in [4.69, 9.17) is 0 Å². The summed E-state index contributed by atoms with van der Waals surface area (Å²) in [6.07, 6.45) is 2.68. The molecule has 0 fully saturated rings. The molecule has 0 saturated heterocycles. The minimum absolute atomic E-state index is 0.177. The van der Waals surface area contributed by atoms with Crippen molar-refractivity contribution in [2.45, 2.75) is 32.9 Å². The standard InChI is InChI=1S/C16H20FN3S/c1-3-18-10-12-4-7-19-16(15(12)17)20-8-5-14-13(11(20)2)6-9-21-14/h4,6-7,9,11,18H,3,5,8,10H2,1-2H3. The molecular weight excluding hydrogens is 285 g/mol. The molecule has 0 radical (unpaired) electrons. The third-order valence-corrected chi connectivity index (χ3v) is 5.06. The second-order valence-corrected chi connectivity index (χ2v) is 6.31. The van der Waals surface area contributed by atoms with E-state index < -0.39 is 0 Å². The van der Waals surface area contributed by atoms with Gasteiger partial charge in [-0.1, -0.05) is 6.92 Å². The molecule has 2 aromatic heterocycles. The SMILES string of the molecule is CCNCc1ccnc(N2CCc3sccc3C2C)c1F. The highest BCUT2D eigenvalue weighted by Crippen LogP contribution is 2.36. The van der Waals surface area contributed by atoms with Gasteiger partial charge in [-0.3, -0.25) is 0 Å². The number of halogens is 1. The third kappa shape index (κ3) is 2.68. The van der Waals surface area contributed by atoms with Crippen molar-refractivity contribution in [2.24, 2.45) is 0 Å². The van der Waals surface area contributed by atoms with Gasteiger partial charge in [0, 0.05) is 29.7 Å². The average Bonchev–Trinajstić information content (AvgIpc) is 2.97. The van der Waals surface area contributed by atoms with Crippen LogP contribution in [0.25, 0.3) is 0 Å². The summed E-state index contributed by atoms with van der Waals surface area (Å²) in [6, 6.07) is 4.08. The van der Waals surface area contributed by atoms with E-state index in [1.54, 1.807) is 23.6 Å². The molecule has 0 saturated carbocycles. The molecule has 1 N–H and O–H groups in total. The fourth-order valence-corrected chi connectivity index (χ4v) is 3.83. The molecule has 0 amide bonds. The normalized spacial score (nSPS) is 17.9.